The third kappa shape index (κ3) is 5.80. The fourth-order valence-electron chi connectivity index (χ4n) is 2.11. The van der Waals surface area contributed by atoms with E-state index in [1.54, 1.807) is 13.2 Å². The van der Waals surface area contributed by atoms with Crippen LogP contribution in [0.15, 0.2) is 12.1 Å². The van der Waals surface area contributed by atoms with Crippen LogP contribution in [0.1, 0.15) is 76.9 Å². The molecule has 0 radical (unpaired) electrons. The second kappa shape index (κ2) is 7.77. The Balaban J connectivity index is 0.000000980. The SMILES string of the molecule is CC(=O)c1cc(C(C)(C)C)c(C(C)(C)C)cc1O.CCOC. The molecule has 0 spiro atoms. The average molecular weight is 308 g/mol. The Kier molecular flexibility index (Phi) is 7.30. The number of rotatable bonds is 2. The minimum absolute atomic E-state index is 0.0550. The Morgan fingerprint density at radius 3 is 1.68 bits per heavy atom. The van der Waals surface area contributed by atoms with Crippen LogP contribution in [0, 0.1) is 0 Å². The van der Waals surface area contributed by atoms with Gasteiger partial charge in [0.25, 0.3) is 0 Å². The summed E-state index contributed by atoms with van der Waals surface area (Å²) in [6.07, 6.45) is 0. The van der Waals surface area contributed by atoms with E-state index in [2.05, 4.69) is 46.3 Å². The maximum atomic E-state index is 11.5. The summed E-state index contributed by atoms with van der Waals surface area (Å²) in [4.78, 5) is 11.5. The number of carbonyl (C=O) groups excluding carboxylic acids is 1. The summed E-state index contributed by atoms with van der Waals surface area (Å²) < 4.78 is 4.54. The molecular formula is C19H32O3. The molecule has 0 bridgehead atoms. The number of methoxy groups -OCH3 is 1. The second-order valence-corrected chi connectivity index (χ2v) is 7.55. The van der Waals surface area contributed by atoms with Gasteiger partial charge < -0.3 is 9.84 Å². The lowest BCUT2D eigenvalue weighted by Gasteiger charge is -2.30. The van der Waals surface area contributed by atoms with Gasteiger partial charge in [-0.2, -0.15) is 0 Å². The topological polar surface area (TPSA) is 46.5 Å². The van der Waals surface area contributed by atoms with Crippen molar-refractivity contribution < 1.29 is 14.6 Å². The summed E-state index contributed by atoms with van der Waals surface area (Å²) in [6, 6.07) is 3.59. The Morgan fingerprint density at radius 1 is 1.05 bits per heavy atom. The minimum Gasteiger partial charge on any atom is -0.507 e. The van der Waals surface area contributed by atoms with E-state index in [-0.39, 0.29) is 22.4 Å². The highest BCUT2D eigenvalue weighted by atomic mass is 16.5. The van der Waals surface area contributed by atoms with E-state index in [9.17, 15) is 9.90 Å². The maximum Gasteiger partial charge on any atom is 0.163 e. The van der Waals surface area contributed by atoms with Gasteiger partial charge in [-0.25, -0.2) is 0 Å². The molecule has 3 nitrogen and oxygen atoms in total. The lowest BCUT2D eigenvalue weighted by molar-refractivity contribution is 0.101. The zero-order valence-corrected chi connectivity index (χ0v) is 15.6. The Morgan fingerprint density at radius 2 is 1.41 bits per heavy atom. The van der Waals surface area contributed by atoms with Crippen molar-refractivity contribution in [3.63, 3.8) is 0 Å². The van der Waals surface area contributed by atoms with Gasteiger partial charge in [0, 0.05) is 13.7 Å². The van der Waals surface area contributed by atoms with Crippen molar-refractivity contribution in [3.05, 3.63) is 28.8 Å². The summed E-state index contributed by atoms with van der Waals surface area (Å²) in [6.45, 7) is 17.0. The summed E-state index contributed by atoms with van der Waals surface area (Å²) >= 11 is 0. The molecular weight excluding hydrogens is 276 g/mol. The van der Waals surface area contributed by atoms with Gasteiger partial charge in [-0.15, -0.1) is 0 Å². The molecule has 0 saturated carbocycles. The molecule has 1 rings (SSSR count). The number of hydrogen-bond donors (Lipinski definition) is 1. The van der Waals surface area contributed by atoms with Crippen LogP contribution in [0.2, 0.25) is 0 Å². The zero-order valence-electron chi connectivity index (χ0n) is 15.6. The smallest absolute Gasteiger partial charge is 0.163 e. The molecule has 0 amide bonds. The van der Waals surface area contributed by atoms with E-state index >= 15 is 0 Å². The number of ether oxygens (including phenoxy) is 1. The first-order valence-electron chi connectivity index (χ1n) is 7.74. The van der Waals surface area contributed by atoms with Crippen LogP contribution >= 0.6 is 0 Å². The second-order valence-electron chi connectivity index (χ2n) is 7.55. The Bertz CT molecular complexity index is 501. The predicted molar refractivity (Wildman–Crippen MR) is 93.1 cm³/mol. The largest absolute Gasteiger partial charge is 0.507 e. The summed E-state index contributed by atoms with van der Waals surface area (Å²) in [5, 5.41) is 9.99. The first kappa shape index (κ1) is 20.6. The average Bonchev–Trinajstić information content (AvgIpc) is 2.35. The molecule has 126 valence electrons. The van der Waals surface area contributed by atoms with Crippen LogP contribution in [-0.2, 0) is 15.6 Å². The molecule has 22 heavy (non-hydrogen) atoms. The fourth-order valence-corrected chi connectivity index (χ4v) is 2.11. The van der Waals surface area contributed by atoms with Gasteiger partial charge in [-0.3, -0.25) is 4.79 Å². The highest BCUT2D eigenvalue weighted by molar-refractivity contribution is 5.97. The number of phenolic OH excluding ortho intramolecular Hbond substituents is 1. The van der Waals surface area contributed by atoms with Gasteiger partial charge in [-0.1, -0.05) is 41.5 Å². The van der Waals surface area contributed by atoms with E-state index in [4.69, 9.17) is 0 Å². The summed E-state index contributed by atoms with van der Waals surface area (Å²) in [5.74, 6) is -0.0149. The lowest BCUT2D eigenvalue weighted by Crippen LogP contribution is -2.22. The van der Waals surface area contributed by atoms with Gasteiger partial charge in [0.2, 0.25) is 0 Å². The van der Waals surface area contributed by atoms with Crippen LogP contribution in [0.5, 0.6) is 5.75 Å². The molecule has 0 saturated heterocycles. The van der Waals surface area contributed by atoms with Crippen LogP contribution in [0.25, 0.3) is 0 Å². The van der Waals surface area contributed by atoms with Gasteiger partial charge >= 0.3 is 0 Å². The molecule has 0 unspecified atom stereocenters. The van der Waals surface area contributed by atoms with Crippen molar-refractivity contribution in [1.29, 1.82) is 0 Å². The van der Waals surface area contributed by atoms with Crippen molar-refractivity contribution in [2.24, 2.45) is 0 Å². The molecule has 0 atom stereocenters. The third-order valence-corrected chi connectivity index (χ3v) is 3.42. The van der Waals surface area contributed by atoms with E-state index < -0.39 is 0 Å². The highest BCUT2D eigenvalue weighted by Gasteiger charge is 2.27. The molecule has 1 aromatic rings. The van der Waals surface area contributed by atoms with Crippen molar-refractivity contribution in [2.45, 2.75) is 66.2 Å². The van der Waals surface area contributed by atoms with Gasteiger partial charge in [0.1, 0.15) is 5.75 Å². The Hall–Kier alpha value is -1.35. The standard InChI is InChI=1S/C16H24O2.C3H8O/c1-10(17)11-8-12(15(2,3)4)13(9-14(11)18)16(5,6)7;1-3-4-2/h8-9,18H,1-7H3;3H2,1-2H3. The molecule has 0 aliphatic rings. The summed E-state index contributed by atoms with van der Waals surface area (Å²) in [7, 11) is 1.68. The lowest BCUT2D eigenvalue weighted by atomic mass is 9.74. The number of hydrogen-bond acceptors (Lipinski definition) is 3. The number of benzene rings is 1. The van der Waals surface area contributed by atoms with E-state index in [0.717, 1.165) is 17.7 Å². The summed E-state index contributed by atoms with van der Waals surface area (Å²) in [5.41, 5.74) is 2.51. The first-order valence-corrected chi connectivity index (χ1v) is 7.74. The fraction of sp³-hybridized carbons (Fsp3) is 0.632. The van der Waals surface area contributed by atoms with Crippen LogP contribution < -0.4 is 0 Å². The number of aromatic hydroxyl groups is 1. The molecule has 3 heteroatoms. The molecule has 0 fully saturated rings. The number of ketones is 1. The first-order chi connectivity index (χ1) is 9.86. The van der Waals surface area contributed by atoms with Crippen molar-refractivity contribution >= 4 is 5.78 Å². The molecule has 0 aliphatic heterocycles. The monoisotopic (exact) mass is 308 g/mol. The van der Waals surface area contributed by atoms with E-state index in [1.165, 1.54) is 6.92 Å². The van der Waals surface area contributed by atoms with Gasteiger partial charge in [0.15, 0.2) is 5.78 Å². The van der Waals surface area contributed by atoms with Crippen LogP contribution in [0.4, 0.5) is 0 Å². The molecule has 0 heterocycles. The molecule has 0 aromatic heterocycles. The molecule has 1 N–H and O–H groups in total. The van der Waals surface area contributed by atoms with Crippen LogP contribution in [0.3, 0.4) is 0 Å². The minimum atomic E-state index is -0.0986. The van der Waals surface area contributed by atoms with E-state index in [1.807, 2.05) is 13.0 Å². The highest BCUT2D eigenvalue weighted by Crippen LogP contribution is 2.37. The van der Waals surface area contributed by atoms with Gasteiger partial charge in [0.05, 0.1) is 5.56 Å². The number of carbonyl (C=O) groups is 1. The maximum absolute atomic E-state index is 11.5. The van der Waals surface area contributed by atoms with Crippen molar-refractivity contribution in [2.75, 3.05) is 13.7 Å². The Labute approximate surface area is 135 Å². The molecule has 0 aliphatic carbocycles. The number of phenols is 1. The normalized spacial score (nSPS) is 11.7. The van der Waals surface area contributed by atoms with Crippen molar-refractivity contribution in [3.8, 4) is 5.75 Å². The van der Waals surface area contributed by atoms with Crippen LogP contribution in [-0.4, -0.2) is 24.6 Å². The molecule has 1 aromatic carbocycles. The predicted octanol–water partition coefficient (Wildman–Crippen LogP) is 4.84. The quantitative estimate of drug-likeness (QED) is 0.795. The van der Waals surface area contributed by atoms with Crippen molar-refractivity contribution in [1.82, 2.24) is 0 Å². The third-order valence-electron chi connectivity index (χ3n) is 3.42. The zero-order chi connectivity index (χ0) is 17.7. The van der Waals surface area contributed by atoms with E-state index in [0.29, 0.717) is 5.56 Å². The van der Waals surface area contributed by atoms with Gasteiger partial charge in [-0.05, 0) is 47.9 Å². The number of Topliss-reactive ketones (excluding diaryl/α,β-unsaturated/α-hetero) is 1.